The highest BCUT2D eigenvalue weighted by Gasteiger charge is 2.42. The second kappa shape index (κ2) is 9.76. The molecule has 4 amide bonds. The molecule has 0 radical (unpaired) electrons. The number of amides is 4. The number of nitrogens with one attached hydrogen (secondary N) is 3. The highest BCUT2D eigenvalue weighted by Crippen LogP contribution is 2.33. The Labute approximate surface area is 147 Å². The Balaban J connectivity index is 1.45. The van der Waals surface area contributed by atoms with Crippen molar-refractivity contribution in [2.24, 2.45) is 5.73 Å². The van der Waals surface area contributed by atoms with E-state index in [-0.39, 0.29) is 29.9 Å². The summed E-state index contributed by atoms with van der Waals surface area (Å²) in [5.74, 6) is 0.807. The number of primary amides is 1. The average Bonchev–Trinajstić information content (AvgIpc) is 3.06. The molecular weight excluding hydrogens is 328 g/mol. The molecule has 2 heterocycles. The smallest absolute Gasteiger partial charge is 0.315 e. The fraction of sp³-hybridized carbons (Fsp3) is 0.812. The number of carbonyl (C=O) groups excluding carboxylic acids is 3. The van der Waals surface area contributed by atoms with Crippen LogP contribution in [-0.2, 0) is 9.59 Å². The highest BCUT2D eigenvalue weighted by molar-refractivity contribution is 8.00. The van der Waals surface area contributed by atoms with Crippen LogP contribution in [0.2, 0.25) is 0 Å². The second-order valence-corrected chi connectivity index (χ2v) is 7.77. The summed E-state index contributed by atoms with van der Waals surface area (Å²) < 4.78 is 0. The molecular formula is C16H28N4O3S. The van der Waals surface area contributed by atoms with Crippen molar-refractivity contribution < 1.29 is 14.4 Å². The third-order valence-electron chi connectivity index (χ3n) is 4.50. The van der Waals surface area contributed by atoms with Gasteiger partial charge in [0, 0.05) is 30.4 Å². The molecule has 0 aliphatic carbocycles. The normalized spacial score (nSPS) is 25.0. The first-order chi connectivity index (χ1) is 11.6. The molecule has 2 saturated heterocycles. The van der Waals surface area contributed by atoms with Gasteiger partial charge in [-0.25, -0.2) is 4.79 Å². The van der Waals surface area contributed by atoms with Gasteiger partial charge in [-0.05, 0) is 25.7 Å². The minimum atomic E-state index is -0.265. The molecule has 2 aliphatic rings. The first kappa shape index (κ1) is 18.9. The first-order valence-electron chi connectivity index (χ1n) is 8.80. The van der Waals surface area contributed by atoms with E-state index < -0.39 is 0 Å². The Bertz CT molecular complexity index is 461. The summed E-state index contributed by atoms with van der Waals surface area (Å²) in [6.07, 6.45) is 6.47. The van der Waals surface area contributed by atoms with Crippen molar-refractivity contribution >= 4 is 29.6 Å². The van der Waals surface area contributed by atoms with Crippen LogP contribution in [-0.4, -0.2) is 47.5 Å². The fourth-order valence-corrected chi connectivity index (χ4v) is 4.73. The summed E-state index contributed by atoms with van der Waals surface area (Å²) in [5.41, 5.74) is 5.07. The van der Waals surface area contributed by atoms with Crippen molar-refractivity contribution in [1.29, 1.82) is 0 Å². The second-order valence-electron chi connectivity index (χ2n) is 6.49. The van der Waals surface area contributed by atoms with Gasteiger partial charge in [-0.1, -0.05) is 12.8 Å². The van der Waals surface area contributed by atoms with Gasteiger partial charge in [0.15, 0.2) is 0 Å². The van der Waals surface area contributed by atoms with E-state index in [1.165, 1.54) is 0 Å². The van der Waals surface area contributed by atoms with Gasteiger partial charge in [-0.3, -0.25) is 9.59 Å². The molecule has 0 saturated carbocycles. The Kier molecular flexibility index (Phi) is 7.68. The molecule has 0 spiro atoms. The maximum absolute atomic E-state index is 11.7. The van der Waals surface area contributed by atoms with Crippen molar-refractivity contribution in [1.82, 2.24) is 16.0 Å². The van der Waals surface area contributed by atoms with E-state index in [2.05, 4.69) is 16.0 Å². The zero-order chi connectivity index (χ0) is 17.4. The van der Waals surface area contributed by atoms with Gasteiger partial charge in [-0.15, -0.1) is 0 Å². The number of thioether (sulfide) groups is 1. The molecule has 0 aromatic heterocycles. The van der Waals surface area contributed by atoms with Crippen LogP contribution >= 0.6 is 11.8 Å². The van der Waals surface area contributed by atoms with Crippen LogP contribution in [0.25, 0.3) is 0 Å². The standard InChI is InChI=1S/C16H28N4O3S/c17-13(21)7-2-1-5-9-18-14(22)8-4-3-6-12-15-11(10-24-12)19-16(23)20-15/h11-12,15H,1-10H2,(H2,17,21)(H,18,22)(H2,19,20,23)/t11-,12-,15?/m0/s1. The lowest BCUT2D eigenvalue weighted by Gasteiger charge is -2.16. The van der Waals surface area contributed by atoms with Crippen LogP contribution in [0.4, 0.5) is 4.79 Å². The van der Waals surface area contributed by atoms with E-state index in [1.807, 2.05) is 11.8 Å². The van der Waals surface area contributed by atoms with Crippen molar-refractivity contribution in [3.05, 3.63) is 0 Å². The van der Waals surface area contributed by atoms with Crippen molar-refractivity contribution in [3.8, 4) is 0 Å². The molecule has 1 unspecified atom stereocenters. The molecule has 136 valence electrons. The molecule has 2 aliphatic heterocycles. The predicted octanol–water partition coefficient (Wildman–Crippen LogP) is 0.874. The topological polar surface area (TPSA) is 113 Å². The summed E-state index contributed by atoms with van der Waals surface area (Å²) in [4.78, 5) is 33.6. The third kappa shape index (κ3) is 6.22. The van der Waals surface area contributed by atoms with Crippen LogP contribution in [0.3, 0.4) is 0 Å². The van der Waals surface area contributed by atoms with Crippen molar-refractivity contribution in [2.45, 2.75) is 68.7 Å². The number of hydrogen-bond donors (Lipinski definition) is 4. The van der Waals surface area contributed by atoms with Crippen LogP contribution in [0.1, 0.15) is 51.4 Å². The number of nitrogens with two attached hydrogens (primary N) is 1. The Morgan fingerprint density at radius 3 is 2.71 bits per heavy atom. The zero-order valence-corrected chi connectivity index (χ0v) is 14.8. The van der Waals surface area contributed by atoms with E-state index in [0.717, 1.165) is 44.3 Å². The molecule has 2 rings (SSSR count). The van der Waals surface area contributed by atoms with Gasteiger partial charge in [0.25, 0.3) is 0 Å². The van der Waals surface area contributed by atoms with Crippen LogP contribution in [0, 0.1) is 0 Å². The van der Waals surface area contributed by atoms with Gasteiger partial charge in [0.2, 0.25) is 11.8 Å². The van der Waals surface area contributed by atoms with Gasteiger partial charge < -0.3 is 21.7 Å². The number of unbranched alkanes of at least 4 members (excludes halogenated alkanes) is 3. The largest absolute Gasteiger partial charge is 0.370 e. The van der Waals surface area contributed by atoms with Crippen molar-refractivity contribution in [3.63, 3.8) is 0 Å². The quantitative estimate of drug-likeness (QED) is 0.325. The van der Waals surface area contributed by atoms with E-state index in [4.69, 9.17) is 5.73 Å². The van der Waals surface area contributed by atoms with E-state index in [9.17, 15) is 14.4 Å². The SMILES string of the molecule is NC(=O)CCCCCNC(=O)CCCC[C@@H]1SC[C@@H]2NC(=O)NC21. The lowest BCUT2D eigenvalue weighted by molar-refractivity contribution is -0.121. The number of carbonyl (C=O) groups is 3. The fourth-order valence-electron chi connectivity index (χ4n) is 3.19. The molecule has 0 aromatic rings. The Hall–Kier alpha value is -1.44. The monoisotopic (exact) mass is 356 g/mol. The van der Waals surface area contributed by atoms with Gasteiger partial charge in [0.05, 0.1) is 12.1 Å². The lowest BCUT2D eigenvalue weighted by Crippen LogP contribution is -2.36. The molecule has 24 heavy (non-hydrogen) atoms. The van der Waals surface area contributed by atoms with Crippen LogP contribution < -0.4 is 21.7 Å². The molecule has 5 N–H and O–H groups in total. The molecule has 3 atom stereocenters. The van der Waals surface area contributed by atoms with Gasteiger partial charge >= 0.3 is 6.03 Å². The summed E-state index contributed by atoms with van der Waals surface area (Å²) in [7, 11) is 0. The molecule has 2 fully saturated rings. The van der Waals surface area contributed by atoms with E-state index in [0.29, 0.717) is 24.6 Å². The summed E-state index contributed by atoms with van der Waals surface area (Å²) in [6, 6.07) is 0.465. The number of fused-ring (bicyclic) bond motifs is 1. The Morgan fingerprint density at radius 1 is 1.12 bits per heavy atom. The average molecular weight is 356 g/mol. The van der Waals surface area contributed by atoms with Gasteiger partial charge in [-0.2, -0.15) is 11.8 Å². The predicted molar refractivity (Wildman–Crippen MR) is 94.6 cm³/mol. The molecule has 0 bridgehead atoms. The van der Waals surface area contributed by atoms with E-state index in [1.54, 1.807) is 0 Å². The molecule has 8 heteroatoms. The molecule has 7 nitrogen and oxygen atoms in total. The number of rotatable bonds is 11. The maximum atomic E-state index is 11.7. The molecule has 0 aromatic carbocycles. The first-order valence-corrected chi connectivity index (χ1v) is 9.85. The lowest BCUT2D eigenvalue weighted by atomic mass is 10.0. The minimum Gasteiger partial charge on any atom is -0.370 e. The minimum absolute atomic E-state index is 0.0505. The summed E-state index contributed by atoms with van der Waals surface area (Å²) in [6.45, 7) is 0.664. The van der Waals surface area contributed by atoms with Crippen LogP contribution in [0.15, 0.2) is 0 Å². The number of urea groups is 1. The van der Waals surface area contributed by atoms with Crippen molar-refractivity contribution in [2.75, 3.05) is 12.3 Å². The zero-order valence-electron chi connectivity index (χ0n) is 14.0. The number of hydrogen-bond acceptors (Lipinski definition) is 4. The van der Waals surface area contributed by atoms with Gasteiger partial charge in [0.1, 0.15) is 0 Å². The van der Waals surface area contributed by atoms with E-state index >= 15 is 0 Å². The summed E-state index contributed by atoms with van der Waals surface area (Å²) in [5, 5.41) is 9.30. The maximum Gasteiger partial charge on any atom is 0.315 e. The summed E-state index contributed by atoms with van der Waals surface area (Å²) >= 11 is 1.91. The van der Waals surface area contributed by atoms with Crippen LogP contribution in [0.5, 0.6) is 0 Å². The highest BCUT2D eigenvalue weighted by atomic mass is 32.2. The Morgan fingerprint density at radius 2 is 1.92 bits per heavy atom. The third-order valence-corrected chi connectivity index (χ3v) is 6.01.